The molecule has 136 valence electrons. The lowest BCUT2D eigenvalue weighted by Crippen LogP contribution is -2.12. The number of hydrogen-bond acceptors (Lipinski definition) is 4. The van der Waals surface area contributed by atoms with E-state index in [1.807, 2.05) is 24.4 Å². The van der Waals surface area contributed by atoms with Crippen LogP contribution < -0.4 is 4.72 Å². The van der Waals surface area contributed by atoms with Gasteiger partial charge in [-0.2, -0.15) is 5.10 Å². The van der Waals surface area contributed by atoms with Gasteiger partial charge >= 0.3 is 0 Å². The highest BCUT2D eigenvalue weighted by Crippen LogP contribution is 2.27. The van der Waals surface area contributed by atoms with E-state index in [1.54, 1.807) is 16.6 Å². The van der Waals surface area contributed by atoms with Gasteiger partial charge in [-0.15, -0.1) is 0 Å². The molecule has 27 heavy (non-hydrogen) atoms. The Labute approximate surface area is 169 Å². The third-order valence-electron chi connectivity index (χ3n) is 3.91. The molecule has 0 unspecified atom stereocenters. The van der Waals surface area contributed by atoms with Crippen molar-refractivity contribution in [3.63, 3.8) is 0 Å². The zero-order chi connectivity index (χ0) is 19.0. The molecule has 0 aliphatic heterocycles. The zero-order valence-electron chi connectivity index (χ0n) is 13.7. The van der Waals surface area contributed by atoms with Crippen LogP contribution in [0.1, 0.15) is 0 Å². The molecule has 0 radical (unpaired) electrons. The molecule has 4 aromatic rings. The van der Waals surface area contributed by atoms with Crippen molar-refractivity contribution in [2.45, 2.75) is 4.90 Å². The third kappa shape index (κ3) is 3.69. The molecule has 1 N–H and O–H groups in total. The van der Waals surface area contributed by atoms with Gasteiger partial charge < -0.3 is 0 Å². The molecule has 0 aliphatic rings. The second-order valence-corrected chi connectivity index (χ2v) is 8.77. The van der Waals surface area contributed by atoms with Gasteiger partial charge in [-0.05, 0) is 58.4 Å². The van der Waals surface area contributed by atoms with E-state index in [0.29, 0.717) is 10.7 Å². The highest BCUT2D eigenvalue weighted by atomic mass is 79.9. The van der Waals surface area contributed by atoms with Crippen molar-refractivity contribution < 1.29 is 8.42 Å². The summed E-state index contributed by atoms with van der Waals surface area (Å²) in [6.07, 6.45) is 3.32. The monoisotopic (exact) mass is 462 g/mol. The van der Waals surface area contributed by atoms with Gasteiger partial charge in [0.05, 0.1) is 16.1 Å². The minimum atomic E-state index is -3.68. The Hall–Kier alpha value is -2.42. The highest BCUT2D eigenvalue weighted by molar-refractivity contribution is 9.10. The second kappa shape index (κ2) is 6.95. The lowest BCUT2D eigenvalue weighted by molar-refractivity contribution is 0.601. The third-order valence-corrected chi connectivity index (χ3v) is 5.99. The molecule has 9 heteroatoms. The molecule has 0 spiro atoms. The minimum Gasteiger partial charge on any atom is -0.280 e. The van der Waals surface area contributed by atoms with Crippen molar-refractivity contribution in [1.82, 2.24) is 14.6 Å². The van der Waals surface area contributed by atoms with E-state index in [1.165, 1.54) is 30.6 Å². The van der Waals surface area contributed by atoms with Crippen molar-refractivity contribution >= 4 is 48.8 Å². The minimum absolute atomic E-state index is 0.145. The molecular weight excluding hydrogens is 452 g/mol. The number of halogens is 2. The zero-order valence-corrected chi connectivity index (χ0v) is 16.8. The van der Waals surface area contributed by atoms with E-state index in [2.05, 4.69) is 30.7 Å². The van der Waals surface area contributed by atoms with Gasteiger partial charge in [-0.1, -0.05) is 23.7 Å². The maximum Gasteiger partial charge on any atom is 0.261 e. The molecule has 6 nitrogen and oxygen atoms in total. The summed E-state index contributed by atoms with van der Waals surface area (Å²) in [6.45, 7) is 0. The fourth-order valence-corrected chi connectivity index (χ4v) is 4.24. The number of nitrogens with zero attached hydrogens (tertiary/aromatic N) is 3. The quantitative estimate of drug-likeness (QED) is 0.479. The maximum atomic E-state index is 12.5. The van der Waals surface area contributed by atoms with Crippen LogP contribution in [0.5, 0.6) is 0 Å². The van der Waals surface area contributed by atoms with Crippen molar-refractivity contribution in [2.75, 3.05) is 4.72 Å². The van der Waals surface area contributed by atoms with Crippen molar-refractivity contribution in [3.8, 4) is 11.3 Å². The normalized spacial score (nSPS) is 11.6. The summed E-state index contributed by atoms with van der Waals surface area (Å²) >= 11 is 9.24. The van der Waals surface area contributed by atoms with Gasteiger partial charge in [-0.3, -0.25) is 4.72 Å². The number of sulfonamides is 1. The highest BCUT2D eigenvalue weighted by Gasteiger charge is 2.14. The predicted molar refractivity (Wildman–Crippen MR) is 108 cm³/mol. The Kier molecular flexibility index (Phi) is 4.63. The van der Waals surface area contributed by atoms with Crippen molar-refractivity contribution in [2.24, 2.45) is 0 Å². The Bertz CT molecular complexity index is 1220. The second-order valence-electron chi connectivity index (χ2n) is 5.73. The molecule has 2 heterocycles. The first-order valence-electron chi connectivity index (χ1n) is 7.80. The molecular formula is C18H12BrClN4O2S. The molecule has 2 aromatic carbocycles. The average Bonchev–Trinajstić information content (AvgIpc) is 3.02. The number of aromatic nitrogens is 3. The summed E-state index contributed by atoms with van der Waals surface area (Å²) < 4.78 is 30.1. The smallest absolute Gasteiger partial charge is 0.261 e. The van der Waals surface area contributed by atoms with Crippen molar-refractivity contribution in [3.05, 3.63) is 76.6 Å². The molecule has 0 saturated carbocycles. The SMILES string of the molecule is O=S(=O)(Nc1ccc(-c2ncnn3cc(Br)cc23)cc1)c1ccc(Cl)cc1. The van der Waals surface area contributed by atoms with E-state index < -0.39 is 10.0 Å². The fourth-order valence-electron chi connectivity index (χ4n) is 2.64. The molecule has 0 saturated heterocycles. The molecule has 0 fully saturated rings. The summed E-state index contributed by atoms with van der Waals surface area (Å²) in [4.78, 5) is 4.49. The van der Waals surface area contributed by atoms with Crippen LogP contribution in [0.4, 0.5) is 5.69 Å². The Morgan fingerprint density at radius 3 is 2.44 bits per heavy atom. The summed E-state index contributed by atoms with van der Waals surface area (Å²) in [6, 6.07) is 14.9. The van der Waals surface area contributed by atoms with E-state index in [0.717, 1.165) is 21.2 Å². The summed E-state index contributed by atoms with van der Waals surface area (Å²) in [5.74, 6) is 0. The van der Waals surface area contributed by atoms with Crippen LogP contribution >= 0.6 is 27.5 Å². The molecule has 0 atom stereocenters. The van der Waals surface area contributed by atoms with Gasteiger partial charge in [-0.25, -0.2) is 17.9 Å². The lowest BCUT2D eigenvalue weighted by Gasteiger charge is -2.09. The predicted octanol–water partition coefficient (Wildman–Crippen LogP) is 4.61. The van der Waals surface area contributed by atoms with E-state index in [9.17, 15) is 8.42 Å². The Morgan fingerprint density at radius 2 is 1.74 bits per heavy atom. The van der Waals surface area contributed by atoms with Crippen LogP contribution in [-0.4, -0.2) is 23.0 Å². The van der Waals surface area contributed by atoms with Gasteiger partial charge in [0.2, 0.25) is 0 Å². The molecule has 4 rings (SSSR count). The van der Waals surface area contributed by atoms with Crippen LogP contribution in [-0.2, 0) is 10.0 Å². The van der Waals surface area contributed by atoms with Crippen LogP contribution in [0.3, 0.4) is 0 Å². The number of anilines is 1. The summed E-state index contributed by atoms with van der Waals surface area (Å²) in [5.41, 5.74) is 2.90. The molecule has 0 aliphatic carbocycles. The molecule has 2 aromatic heterocycles. The fraction of sp³-hybridized carbons (Fsp3) is 0. The summed E-state index contributed by atoms with van der Waals surface area (Å²) in [5, 5.41) is 4.65. The van der Waals surface area contributed by atoms with E-state index in [-0.39, 0.29) is 4.90 Å². The van der Waals surface area contributed by atoms with Crippen LogP contribution in [0.25, 0.3) is 16.8 Å². The van der Waals surface area contributed by atoms with Gasteiger partial charge in [0.15, 0.2) is 0 Å². The summed E-state index contributed by atoms with van der Waals surface area (Å²) in [7, 11) is -3.68. The number of rotatable bonds is 4. The number of fused-ring (bicyclic) bond motifs is 1. The number of hydrogen-bond donors (Lipinski definition) is 1. The molecule has 0 amide bonds. The lowest BCUT2D eigenvalue weighted by atomic mass is 10.1. The van der Waals surface area contributed by atoms with Gasteiger partial charge in [0.1, 0.15) is 6.33 Å². The van der Waals surface area contributed by atoms with Crippen LogP contribution in [0.15, 0.2) is 76.5 Å². The van der Waals surface area contributed by atoms with E-state index in [4.69, 9.17) is 11.6 Å². The standard InChI is InChI=1S/C18H12BrClN4O2S/c19-13-9-17-18(21-11-22-24(17)10-13)12-1-5-15(6-2-12)23-27(25,26)16-7-3-14(20)4-8-16/h1-11,23H. The first kappa shape index (κ1) is 18.0. The van der Waals surface area contributed by atoms with Crippen molar-refractivity contribution in [1.29, 1.82) is 0 Å². The van der Waals surface area contributed by atoms with Crippen LogP contribution in [0.2, 0.25) is 5.02 Å². The largest absolute Gasteiger partial charge is 0.280 e. The Balaban J connectivity index is 1.63. The van der Waals surface area contributed by atoms with Crippen LogP contribution in [0, 0.1) is 0 Å². The first-order valence-corrected chi connectivity index (χ1v) is 10.5. The number of nitrogens with one attached hydrogen (secondary N) is 1. The molecule has 0 bridgehead atoms. The van der Waals surface area contributed by atoms with Gasteiger partial charge in [0.25, 0.3) is 10.0 Å². The van der Waals surface area contributed by atoms with Gasteiger partial charge in [0, 0.05) is 26.9 Å². The average molecular weight is 464 g/mol. The first-order chi connectivity index (χ1) is 12.9. The Morgan fingerprint density at radius 1 is 1.04 bits per heavy atom. The topological polar surface area (TPSA) is 76.4 Å². The number of benzene rings is 2. The van der Waals surface area contributed by atoms with E-state index >= 15 is 0 Å². The maximum absolute atomic E-state index is 12.5.